The van der Waals surface area contributed by atoms with Crippen molar-refractivity contribution in [3.05, 3.63) is 35.4 Å². The minimum atomic E-state index is -2.70. The first-order chi connectivity index (χ1) is 7.64. The molecule has 1 saturated heterocycles. The fraction of sp³-hybridized carbons (Fsp3) is 0.538. The summed E-state index contributed by atoms with van der Waals surface area (Å²) in [4.78, 5) is 0. The fourth-order valence-electron chi connectivity index (χ4n) is 2.16. The summed E-state index contributed by atoms with van der Waals surface area (Å²) in [6, 6.07) is 6.73. The van der Waals surface area contributed by atoms with Crippen molar-refractivity contribution in [3.8, 4) is 0 Å². The first-order valence-electron chi connectivity index (χ1n) is 5.82. The largest absolute Gasteiger partial charge is 0.316 e. The van der Waals surface area contributed by atoms with Gasteiger partial charge in [0.05, 0.1) is 0 Å². The van der Waals surface area contributed by atoms with Crippen LogP contribution in [0.5, 0.6) is 0 Å². The SMILES string of the molecule is CCc1ccc(C(F)(F)C2CCNC2)cc1. The molecule has 0 aliphatic carbocycles. The van der Waals surface area contributed by atoms with Gasteiger partial charge in [-0.25, -0.2) is 8.78 Å². The number of halogens is 2. The van der Waals surface area contributed by atoms with E-state index in [2.05, 4.69) is 5.32 Å². The maximum atomic E-state index is 14.1. The number of alkyl halides is 2. The molecule has 88 valence electrons. The standard InChI is InChI=1S/C13H17F2N/c1-2-10-3-5-11(6-4-10)13(14,15)12-7-8-16-9-12/h3-6,12,16H,2,7-9H2,1H3. The molecule has 16 heavy (non-hydrogen) atoms. The molecule has 0 radical (unpaired) electrons. The molecule has 1 N–H and O–H groups in total. The van der Waals surface area contributed by atoms with Gasteiger partial charge < -0.3 is 5.32 Å². The van der Waals surface area contributed by atoms with Gasteiger partial charge in [-0.2, -0.15) is 0 Å². The third kappa shape index (κ3) is 2.09. The van der Waals surface area contributed by atoms with Gasteiger partial charge in [0.2, 0.25) is 0 Å². The van der Waals surface area contributed by atoms with Crippen LogP contribution in [0.15, 0.2) is 24.3 Å². The number of nitrogens with one attached hydrogen (secondary N) is 1. The Hall–Kier alpha value is -0.960. The minimum absolute atomic E-state index is 0.151. The van der Waals surface area contributed by atoms with Crippen LogP contribution in [0.25, 0.3) is 0 Å². The van der Waals surface area contributed by atoms with E-state index < -0.39 is 11.8 Å². The summed E-state index contributed by atoms with van der Waals surface area (Å²) in [5, 5.41) is 2.99. The van der Waals surface area contributed by atoms with Crippen LogP contribution in [-0.2, 0) is 12.3 Å². The minimum Gasteiger partial charge on any atom is -0.316 e. The van der Waals surface area contributed by atoms with Crippen LogP contribution < -0.4 is 5.32 Å². The van der Waals surface area contributed by atoms with Crippen LogP contribution >= 0.6 is 0 Å². The average Bonchev–Trinajstić information content (AvgIpc) is 2.83. The van der Waals surface area contributed by atoms with Crippen LogP contribution in [0.2, 0.25) is 0 Å². The van der Waals surface area contributed by atoms with E-state index in [9.17, 15) is 8.78 Å². The number of hydrogen-bond acceptors (Lipinski definition) is 1. The summed E-state index contributed by atoms with van der Waals surface area (Å²) >= 11 is 0. The lowest BCUT2D eigenvalue weighted by atomic mass is 9.93. The molecule has 0 amide bonds. The molecule has 2 rings (SSSR count). The molecule has 1 aliphatic rings. The highest BCUT2D eigenvalue weighted by atomic mass is 19.3. The predicted octanol–water partition coefficient (Wildman–Crippen LogP) is 2.95. The summed E-state index contributed by atoms with van der Waals surface area (Å²) in [5.41, 5.74) is 1.25. The average molecular weight is 225 g/mol. The molecule has 1 atom stereocenters. The van der Waals surface area contributed by atoms with Crippen molar-refractivity contribution >= 4 is 0 Å². The quantitative estimate of drug-likeness (QED) is 0.834. The Morgan fingerprint density at radius 1 is 1.31 bits per heavy atom. The Morgan fingerprint density at radius 3 is 2.50 bits per heavy atom. The molecule has 1 fully saturated rings. The normalized spacial score (nSPS) is 21.3. The second kappa shape index (κ2) is 4.50. The molecular weight excluding hydrogens is 208 g/mol. The summed E-state index contributed by atoms with van der Waals surface area (Å²) < 4.78 is 28.1. The molecule has 1 aromatic rings. The third-order valence-electron chi connectivity index (χ3n) is 3.32. The Labute approximate surface area is 94.9 Å². The first-order valence-corrected chi connectivity index (χ1v) is 5.82. The smallest absolute Gasteiger partial charge is 0.277 e. The molecule has 1 heterocycles. The van der Waals surface area contributed by atoms with E-state index in [1.54, 1.807) is 24.3 Å². The zero-order valence-corrected chi connectivity index (χ0v) is 9.47. The lowest BCUT2D eigenvalue weighted by Gasteiger charge is -2.23. The summed E-state index contributed by atoms with van der Waals surface area (Å²) in [6.07, 6.45) is 1.44. The van der Waals surface area contributed by atoms with Crippen molar-refractivity contribution < 1.29 is 8.78 Å². The highest BCUT2D eigenvalue weighted by Crippen LogP contribution is 2.38. The van der Waals surface area contributed by atoms with E-state index in [1.165, 1.54) is 0 Å². The first kappa shape index (κ1) is 11.5. The van der Waals surface area contributed by atoms with E-state index in [0.29, 0.717) is 19.5 Å². The number of rotatable bonds is 3. The Bertz CT molecular complexity index is 339. The maximum Gasteiger partial charge on any atom is 0.277 e. The van der Waals surface area contributed by atoms with E-state index in [4.69, 9.17) is 0 Å². The summed E-state index contributed by atoms with van der Waals surface area (Å²) in [5.74, 6) is -3.25. The van der Waals surface area contributed by atoms with Gasteiger partial charge in [-0.1, -0.05) is 31.2 Å². The van der Waals surface area contributed by atoms with Gasteiger partial charge in [0, 0.05) is 18.0 Å². The number of hydrogen-bond donors (Lipinski definition) is 1. The Kier molecular flexibility index (Phi) is 3.24. The molecule has 0 spiro atoms. The van der Waals surface area contributed by atoms with Crippen LogP contribution in [0.4, 0.5) is 8.78 Å². The van der Waals surface area contributed by atoms with Crippen molar-refractivity contribution in [2.45, 2.75) is 25.7 Å². The van der Waals surface area contributed by atoms with Crippen LogP contribution in [0.3, 0.4) is 0 Å². The van der Waals surface area contributed by atoms with Crippen molar-refractivity contribution in [1.29, 1.82) is 0 Å². The van der Waals surface area contributed by atoms with E-state index in [-0.39, 0.29) is 5.56 Å². The molecule has 1 aliphatic heterocycles. The summed E-state index contributed by atoms with van der Waals surface area (Å²) in [6.45, 7) is 3.14. The molecule has 0 saturated carbocycles. The van der Waals surface area contributed by atoms with Crippen LogP contribution in [-0.4, -0.2) is 13.1 Å². The monoisotopic (exact) mass is 225 g/mol. The van der Waals surface area contributed by atoms with Crippen LogP contribution in [0, 0.1) is 5.92 Å². The van der Waals surface area contributed by atoms with Crippen molar-refractivity contribution in [3.63, 3.8) is 0 Å². The van der Waals surface area contributed by atoms with Gasteiger partial charge in [-0.05, 0) is 24.9 Å². The van der Waals surface area contributed by atoms with Gasteiger partial charge in [0.25, 0.3) is 5.92 Å². The third-order valence-corrected chi connectivity index (χ3v) is 3.32. The molecular formula is C13H17F2N. The van der Waals surface area contributed by atoms with Crippen molar-refractivity contribution in [2.75, 3.05) is 13.1 Å². The topological polar surface area (TPSA) is 12.0 Å². The van der Waals surface area contributed by atoms with Gasteiger partial charge in [-0.3, -0.25) is 0 Å². The molecule has 3 heteroatoms. The zero-order valence-electron chi connectivity index (χ0n) is 9.47. The van der Waals surface area contributed by atoms with Gasteiger partial charge in [0.1, 0.15) is 0 Å². The van der Waals surface area contributed by atoms with E-state index >= 15 is 0 Å². The van der Waals surface area contributed by atoms with Crippen molar-refractivity contribution in [2.24, 2.45) is 5.92 Å². The summed E-state index contributed by atoms with van der Waals surface area (Å²) in [7, 11) is 0. The predicted molar refractivity (Wildman–Crippen MR) is 60.7 cm³/mol. The Balaban J connectivity index is 2.20. The van der Waals surface area contributed by atoms with Gasteiger partial charge in [-0.15, -0.1) is 0 Å². The maximum absolute atomic E-state index is 14.1. The second-order valence-corrected chi connectivity index (χ2v) is 4.36. The highest BCUT2D eigenvalue weighted by molar-refractivity contribution is 5.26. The molecule has 1 unspecified atom stereocenters. The molecule has 1 nitrogen and oxygen atoms in total. The lowest BCUT2D eigenvalue weighted by molar-refractivity contribution is -0.0575. The molecule has 1 aromatic carbocycles. The van der Waals surface area contributed by atoms with Crippen molar-refractivity contribution in [1.82, 2.24) is 5.32 Å². The number of aryl methyl sites for hydroxylation is 1. The van der Waals surface area contributed by atoms with Gasteiger partial charge in [0.15, 0.2) is 0 Å². The molecule has 0 aromatic heterocycles. The van der Waals surface area contributed by atoms with Gasteiger partial charge >= 0.3 is 0 Å². The fourth-order valence-corrected chi connectivity index (χ4v) is 2.16. The second-order valence-electron chi connectivity index (χ2n) is 4.36. The van der Waals surface area contributed by atoms with E-state index in [1.807, 2.05) is 6.92 Å². The zero-order chi connectivity index (χ0) is 11.6. The Morgan fingerprint density at radius 2 is 2.00 bits per heavy atom. The molecule has 0 bridgehead atoms. The highest BCUT2D eigenvalue weighted by Gasteiger charge is 2.42. The lowest BCUT2D eigenvalue weighted by Crippen LogP contribution is -2.27. The number of benzene rings is 1. The van der Waals surface area contributed by atoms with E-state index in [0.717, 1.165) is 12.0 Å². The van der Waals surface area contributed by atoms with Crippen LogP contribution in [0.1, 0.15) is 24.5 Å².